The summed E-state index contributed by atoms with van der Waals surface area (Å²) >= 11 is 0. The molecular formula is C13H28Cl2OSiZr. The molecule has 0 amide bonds. The first-order chi connectivity index (χ1) is 7.24. The van der Waals surface area contributed by atoms with Crippen molar-refractivity contribution in [1.82, 2.24) is 0 Å². The van der Waals surface area contributed by atoms with Crippen molar-refractivity contribution in [2.24, 2.45) is 0 Å². The van der Waals surface area contributed by atoms with Crippen molar-refractivity contribution in [1.29, 1.82) is 0 Å². The summed E-state index contributed by atoms with van der Waals surface area (Å²) in [5, 5.41) is 0. The number of methoxy groups -OCH3 is 1. The van der Waals surface area contributed by atoms with Crippen LogP contribution in [0.15, 0.2) is 30.3 Å². The van der Waals surface area contributed by atoms with E-state index in [1.165, 1.54) is 0 Å². The van der Waals surface area contributed by atoms with Crippen LogP contribution in [-0.4, -0.2) is 23.6 Å². The summed E-state index contributed by atoms with van der Waals surface area (Å²) in [6, 6.07) is 10.0. The third-order valence-corrected chi connectivity index (χ3v) is 1.17. The van der Waals surface area contributed by atoms with Gasteiger partial charge in [-0.2, -0.15) is 31.0 Å². The quantitative estimate of drug-likeness (QED) is 0.521. The third kappa shape index (κ3) is 88.9. The first-order valence-corrected chi connectivity index (χ1v) is 6.28. The Morgan fingerprint density at radius 1 is 1.06 bits per heavy atom. The van der Waals surface area contributed by atoms with Crippen molar-refractivity contribution in [3.8, 4) is 0 Å². The summed E-state index contributed by atoms with van der Waals surface area (Å²) in [7, 11) is 3.49. The van der Waals surface area contributed by atoms with Crippen molar-refractivity contribution in [2.45, 2.75) is 26.7 Å². The minimum absolute atomic E-state index is 0. The molecule has 1 nitrogen and oxygen atoms in total. The summed E-state index contributed by atoms with van der Waals surface area (Å²) in [4.78, 5) is 0. The second-order valence-corrected chi connectivity index (χ2v) is 2.86. The van der Waals surface area contributed by atoms with Crippen molar-refractivity contribution < 1.29 is 30.9 Å². The van der Waals surface area contributed by atoms with Gasteiger partial charge in [0.15, 0.2) is 0 Å². The van der Waals surface area contributed by atoms with Crippen LogP contribution in [0.3, 0.4) is 0 Å². The number of ether oxygens (including phenoxy) is 1. The van der Waals surface area contributed by atoms with Gasteiger partial charge in [-0.1, -0.05) is 13.8 Å². The van der Waals surface area contributed by atoms with Gasteiger partial charge in [-0.3, -0.25) is 0 Å². The molecule has 0 N–H and O–H groups in total. The van der Waals surface area contributed by atoms with Crippen LogP contribution in [0.25, 0.3) is 0 Å². The SMILES string of the molecule is COC[SiH2].Cl.Cl.[CH2-]CC.[CH2-]CC.[Zr+3].c1cc[cH-]c1. The Kier molecular flexibility index (Phi) is 105. The molecule has 108 valence electrons. The van der Waals surface area contributed by atoms with Gasteiger partial charge >= 0.3 is 26.2 Å². The molecule has 0 atom stereocenters. The van der Waals surface area contributed by atoms with Crippen LogP contribution in [0.2, 0.25) is 0 Å². The maximum absolute atomic E-state index is 4.55. The van der Waals surface area contributed by atoms with Gasteiger partial charge < -0.3 is 18.6 Å². The smallest absolute Gasteiger partial charge is 0.389 e. The molecular weight excluding hydrogens is 362 g/mol. The molecule has 0 bridgehead atoms. The second kappa shape index (κ2) is 52.0. The molecule has 5 heteroatoms. The zero-order chi connectivity index (χ0) is 12.4. The molecule has 0 heterocycles. The number of halogens is 2. The molecule has 2 radical (unpaired) electrons. The van der Waals surface area contributed by atoms with Crippen molar-refractivity contribution in [3.63, 3.8) is 0 Å². The predicted molar refractivity (Wildman–Crippen MR) is 88.2 cm³/mol. The molecule has 0 saturated carbocycles. The maximum atomic E-state index is 4.55. The molecule has 1 aromatic carbocycles. The monoisotopic (exact) mass is 388 g/mol. The Hall–Kier alpha value is 0.990. The van der Waals surface area contributed by atoms with E-state index in [4.69, 9.17) is 0 Å². The van der Waals surface area contributed by atoms with Crippen LogP contribution < -0.4 is 0 Å². The van der Waals surface area contributed by atoms with Gasteiger partial charge in [0, 0.05) is 23.6 Å². The standard InChI is InChI=1S/C5H5.2C3H7.C2H7OSi.2ClH.Zr/c1-2-4-5-3-1;2*1-3-2;1-3-2-4;;;/h1-5H;2*1,3H2,2H3;2,4H2,1H3;2*1H;/q3*-1;;;;+3. The molecule has 0 aliphatic rings. The maximum Gasteiger partial charge on any atom is 3.00 e. The molecule has 0 saturated heterocycles. The first-order valence-electron chi connectivity index (χ1n) is 5.28. The zero-order valence-corrected chi connectivity index (χ0v) is 17.4. The van der Waals surface area contributed by atoms with Gasteiger partial charge in [-0.25, -0.2) is 12.1 Å². The molecule has 0 aromatic heterocycles. The Morgan fingerprint density at radius 3 is 1.33 bits per heavy atom. The largest absolute Gasteiger partial charge is 3.00 e. The fourth-order valence-electron chi connectivity index (χ4n) is 0.321. The minimum atomic E-state index is 0. The van der Waals surface area contributed by atoms with Crippen LogP contribution in [0, 0.1) is 13.8 Å². The summed E-state index contributed by atoms with van der Waals surface area (Å²) in [5.74, 6) is 0. The predicted octanol–water partition coefficient (Wildman–Crippen LogP) is 3.93. The topological polar surface area (TPSA) is 9.23 Å². The van der Waals surface area contributed by atoms with E-state index in [0.29, 0.717) is 0 Å². The molecule has 0 spiro atoms. The Bertz CT molecular complexity index is 120. The van der Waals surface area contributed by atoms with Crippen molar-refractivity contribution >= 4 is 35.1 Å². The normalized spacial score (nSPS) is 5.89. The summed E-state index contributed by atoms with van der Waals surface area (Å²) in [5.41, 5.74) is 0. The van der Waals surface area contributed by atoms with Crippen LogP contribution in [-0.2, 0) is 30.9 Å². The van der Waals surface area contributed by atoms with Gasteiger partial charge in [0.05, 0.1) is 0 Å². The average Bonchev–Trinajstić information content (AvgIpc) is 2.78. The van der Waals surface area contributed by atoms with Crippen molar-refractivity contribution in [3.05, 3.63) is 44.2 Å². The van der Waals surface area contributed by atoms with E-state index in [1.807, 2.05) is 44.2 Å². The van der Waals surface area contributed by atoms with E-state index in [1.54, 1.807) is 17.4 Å². The van der Waals surface area contributed by atoms with Gasteiger partial charge in [-0.15, -0.1) is 24.8 Å². The van der Waals surface area contributed by atoms with Crippen LogP contribution in [0.4, 0.5) is 0 Å². The van der Waals surface area contributed by atoms with E-state index in [0.717, 1.165) is 19.1 Å². The second-order valence-electron chi connectivity index (χ2n) is 2.46. The summed E-state index contributed by atoms with van der Waals surface area (Å²) in [6.45, 7) is 11.0. The van der Waals surface area contributed by atoms with Crippen LogP contribution in [0.1, 0.15) is 26.7 Å². The van der Waals surface area contributed by atoms with Crippen LogP contribution in [0.5, 0.6) is 0 Å². The summed E-state index contributed by atoms with van der Waals surface area (Å²) < 4.78 is 4.55. The minimum Gasteiger partial charge on any atom is -0.389 e. The van der Waals surface area contributed by atoms with Gasteiger partial charge in [0.2, 0.25) is 0 Å². The molecule has 1 aromatic rings. The fraction of sp³-hybridized carbons (Fsp3) is 0.462. The first kappa shape index (κ1) is 36.4. The van der Waals surface area contributed by atoms with E-state index < -0.39 is 0 Å². The van der Waals surface area contributed by atoms with E-state index in [-0.39, 0.29) is 51.0 Å². The molecule has 18 heavy (non-hydrogen) atoms. The van der Waals surface area contributed by atoms with Gasteiger partial charge in [0.1, 0.15) is 0 Å². The molecule has 0 fully saturated rings. The average molecular weight is 391 g/mol. The van der Waals surface area contributed by atoms with E-state index in [9.17, 15) is 0 Å². The Balaban J connectivity index is -0.0000000260. The van der Waals surface area contributed by atoms with Gasteiger partial charge in [0.25, 0.3) is 0 Å². The zero-order valence-electron chi connectivity index (χ0n) is 11.9. The molecule has 0 aliphatic heterocycles. The number of hydrogen-bond acceptors (Lipinski definition) is 1. The number of hydrogen-bond donors (Lipinski definition) is 0. The number of rotatable bonds is 1. The van der Waals surface area contributed by atoms with Crippen molar-refractivity contribution in [2.75, 3.05) is 13.3 Å². The summed E-state index contributed by atoms with van der Waals surface area (Å²) in [6.07, 6.45) is 2.85. The molecule has 0 aliphatic carbocycles. The Morgan fingerprint density at radius 2 is 1.28 bits per heavy atom. The Labute approximate surface area is 149 Å². The van der Waals surface area contributed by atoms with Gasteiger partial charge in [-0.05, 0) is 0 Å². The van der Waals surface area contributed by atoms with E-state index >= 15 is 0 Å². The van der Waals surface area contributed by atoms with Crippen LogP contribution >= 0.6 is 24.8 Å². The fourth-order valence-corrected chi connectivity index (χ4v) is 0.321. The molecule has 1 rings (SSSR count). The third-order valence-electron chi connectivity index (χ3n) is 0.760. The van der Waals surface area contributed by atoms with E-state index in [2.05, 4.69) is 18.6 Å². The molecule has 0 unspecified atom stereocenters.